The van der Waals surface area contributed by atoms with E-state index in [1.165, 1.54) is 55.3 Å². The van der Waals surface area contributed by atoms with Crippen molar-refractivity contribution in [2.45, 2.75) is 38.5 Å². The van der Waals surface area contributed by atoms with Gasteiger partial charge in [0.15, 0.2) is 0 Å². The van der Waals surface area contributed by atoms with E-state index >= 15 is 0 Å². The van der Waals surface area contributed by atoms with Gasteiger partial charge < -0.3 is 0 Å². The molecular formula is C48H38N6. The minimum Gasteiger partial charge on any atom is -0.295 e. The molecule has 0 amide bonds. The van der Waals surface area contributed by atoms with Crippen molar-refractivity contribution in [3.63, 3.8) is 0 Å². The molecule has 0 aliphatic heterocycles. The third-order valence-corrected chi connectivity index (χ3v) is 11.6. The number of pyridine rings is 4. The standard InChI is InChI=1S/C48H38N6/c1-47(2)39-17-15-36-35(45(39)37-13-11-33(29-41(37)47)53(31-19-25-49-26-20-31)43-9-5-7-23-51-43)16-18-40-46(36)38-14-12-34(30-42(38)48(40,3)4)54(32-21-27-50-28-22-32)44-10-6-8-24-52-44/h5-30H,1-4H3. The molecule has 0 fully saturated rings. The van der Waals surface area contributed by atoms with Gasteiger partial charge in [-0.25, -0.2) is 9.97 Å². The zero-order valence-corrected chi connectivity index (χ0v) is 30.7. The maximum absolute atomic E-state index is 4.75. The molecule has 4 heterocycles. The van der Waals surface area contributed by atoms with Gasteiger partial charge in [-0.05, 0) is 128 Å². The first-order valence-electron chi connectivity index (χ1n) is 18.5. The zero-order chi connectivity index (χ0) is 36.6. The maximum Gasteiger partial charge on any atom is 0.137 e. The molecule has 4 aromatic heterocycles. The first kappa shape index (κ1) is 32.0. The van der Waals surface area contributed by atoms with Crippen LogP contribution in [0, 0.1) is 0 Å². The SMILES string of the molecule is CC1(C)c2cc(N(c3ccncc3)c3ccccn3)ccc2-c2c1ccc1c3c(ccc21)C(C)(C)c1cc(N(c2ccncc2)c2ccccn2)ccc1-3. The number of aromatic nitrogens is 4. The van der Waals surface area contributed by atoms with Gasteiger partial charge in [-0.3, -0.25) is 19.8 Å². The van der Waals surface area contributed by atoms with Crippen molar-refractivity contribution in [1.82, 2.24) is 19.9 Å². The van der Waals surface area contributed by atoms with Gasteiger partial charge >= 0.3 is 0 Å². The average Bonchev–Trinajstić information content (AvgIpc) is 3.59. The molecule has 2 aliphatic carbocycles. The van der Waals surface area contributed by atoms with E-state index in [0.29, 0.717) is 0 Å². The van der Waals surface area contributed by atoms with Crippen LogP contribution < -0.4 is 9.80 Å². The van der Waals surface area contributed by atoms with Crippen molar-refractivity contribution in [2.75, 3.05) is 9.80 Å². The Morgan fingerprint density at radius 3 is 1.20 bits per heavy atom. The van der Waals surface area contributed by atoms with Gasteiger partial charge in [0.05, 0.1) is 11.4 Å². The summed E-state index contributed by atoms with van der Waals surface area (Å²) in [5.41, 5.74) is 14.4. The number of hydrogen-bond acceptors (Lipinski definition) is 6. The fourth-order valence-electron chi connectivity index (χ4n) is 8.92. The third-order valence-electron chi connectivity index (χ3n) is 11.6. The molecule has 0 spiro atoms. The molecule has 4 aromatic carbocycles. The van der Waals surface area contributed by atoms with Crippen LogP contribution in [-0.2, 0) is 10.8 Å². The highest BCUT2D eigenvalue weighted by atomic mass is 15.2. The monoisotopic (exact) mass is 698 g/mol. The largest absolute Gasteiger partial charge is 0.295 e. The van der Waals surface area contributed by atoms with Crippen molar-refractivity contribution >= 4 is 45.2 Å². The molecule has 8 aromatic rings. The van der Waals surface area contributed by atoms with Gasteiger partial charge in [-0.1, -0.05) is 76.2 Å². The predicted octanol–water partition coefficient (Wildman–Crippen LogP) is 12.0. The molecule has 6 nitrogen and oxygen atoms in total. The molecule has 260 valence electrons. The molecule has 0 atom stereocenters. The second-order valence-corrected chi connectivity index (χ2v) is 15.2. The van der Waals surface area contributed by atoms with Crippen molar-refractivity contribution in [3.05, 3.63) is 181 Å². The van der Waals surface area contributed by atoms with E-state index in [4.69, 9.17) is 9.97 Å². The Hall–Kier alpha value is -6.66. The molecule has 10 rings (SSSR count). The van der Waals surface area contributed by atoms with Crippen LogP contribution in [0.15, 0.2) is 159 Å². The van der Waals surface area contributed by atoms with Crippen molar-refractivity contribution < 1.29 is 0 Å². The smallest absolute Gasteiger partial charge is 0.137 e. The summed E-state index contributed by atoms with van der Waals surface area (Å²) in [4.78, 5) is 22.5. The summed E-state index contributed by atoms with van der Waals surface area (Å²) >= 11 is 0. The van der Waals surface area contributed by atoms with Crippen LogP contribution >= 0.6 is 0 Å². The molecular weight excluding hydrogens is 661 g/mol. The summed E-state index contributed by atoms with van der Waals surface area (Å²) in [6.45, 7) is 9.42. The normalized spacial score (nSPS) is 14.2. The van der Waals surface area contributed by atoms with E-state index in [0.717, 1.165) is 34.4 Å². The van der Waals surface area contributed by atoms with Gasteiger partial charge in [0.2, 0.25) is 0 Å². The average molecular weight is 699 g/mol. The second kappa shape index (κ2) is 11.9. The Labute approximate surface area is 315 Å². The van der Waals surface area contributed by atoms with Crippen LogP contribution in [-0.4, -0.2) is 19.9 Å². The van der Waals surface area contributed by atoms with Crippen molar-refractivity contribution in [1.29, 1.82) is 0 Å². The predicted molar refractivity (Wildman–Crippen MR) is 220 cm³/mol. The van der Waals surface area contributed by atoms with Crippen molar-refractivity contribution in [2.24, 2.45) is 0 Å². The van der Waals surface area contributed by atoms with Gasteiger partial charge in [0.1, 0.15) is 11.6 Å². The third kappa shape index (κ3) is 4.73. The lowest BCUT2D eigenvalue weighted by Crippen LogP contribution is -2.17. The molecule has 0 saturated carbocycles. The fraction of sp³-hybridized carbons (Fsp3) is 0.125. The lowest BCUT2D eigenvalue weighted by atomic mass is 9.80. The van der Waals surface area contributed by atoms with E-state index in [2.05, 4.69) is 120 Å². The number of rotatable bonds is 6. The molecule has 2 aliphatic rings. The molecule has 0 saturated heterocycles. The minimum absolute atomic E-state index is 0.199. The van der Waals surface area contributed by atoms with Crippen LogP contribution in [0.5, 0.6) is 0 Å². The van der Waals surface area contributed by atoms with E-state index < -0.39 is 0 Å². The van der Waals surface area contributed by atoms with Gasteiger partial charge in [0.25, 0.3) is 0 Å². The van der Waals surface area contributed by atoms with Gasteiger partial charge in [-0.2, -0.15) is 0 Å². The summed E-state index contributed by atoms with van der Waals surface area (Å²) in [5.74, 6) is 1.73. The highest BCUT2D eigenvalue weighted by Crippen LogP contribution is 2.57. The molecule has 54 heavy (non-hydrogen) atoms. The van der Waals surface area contributed by atoms with Crippen LogP contribution in [0.25, 0.3) is 33.0 Å². The van der Waals surface area contributed by atoms with Crippen LogP contribution in [0.2, 0.25) is 0 Å². The zero-order valence-electron chi connectivity index (χ0n) is 30.7. The summed E-state index contributed by atoms with van der Waals surface area (Å²) in [6, 6.07) is 43.6. The lowest BCUT2D eigenvalue weighted by molar-refractivity contribution is 0.660. The summed E-state index contributed by atoms with van der Waals surface area (Å²) in [5, 5.41) is 2.59. The first-order valence-corrected chi connectivity index (χ1v) is 18.5. The molecule has 0 unspecified atom stereocenters. The lowest BCUT2D eigenvalue weighted by Gasteiger charge is -2.27. The van der Waals surface area contributed by atoms with Crippen molar-refractivity contribution in [3.8, 4) is 22.3 Å². The topological polar surface area (TPSA) is 58.0 Å². The molecule has 0 bridgehead atoms. The summed E-state index contributed by atoms with van der Waals surface area (Å²) < 4.78 is 0. The number of hydrogen-bond donors (Lipinski definition) is 0. The summed E-state index contributed by atoms with van der Waals surface area (Å²) in [6.07, 6.45) is 11.0. The Morgan fingerprint density at radius 2 is 0.815 bits per heavy atom. The fourth-order valence-corrected chi connectivity index (χ4v) is 8.92. The number of fused-ring (bicyclic) bond motifs is 9. The summed E-state index contributed by atoms with van der Waals surface area (Å²) in [7, 11) is 0. The van der Waals surface area contributed by atoms with E-state index in [9.17, 15) is 0 Å². The molecule has 0 radical (unpaired) electrons. The second-order valence-electron chi connectivity index (χ2n) is 15.2. The number of anilines is 6. The Balaban J connectivity index is 1.12. The maximum atomic E-state index is 4.75. The minimum atomic E-state index is -0.199. The van der Waals surface area contributed by atoms with Crippen LogP contribution in [0.4, 0.5) is 34.4 Å². The number of nitrogens with zero attached hydrogens (tertiary/aromatic N) is 6. The van der Waals surface area contributed by atoms with E-state index in [-0.39, 0.29) is 10.8 Å². The van der Waals surface area contributed by atoms with Gasteiger partial charge in [0, 0.05) is 59.4 Å². The van der Waals surface area contributed by atoms with E-state index in [1.54, 1.807) is 0 Å². The molecule has 6 heteroatoms. The van der Waals surface area contributed by atoms with Gasteiger partial charge in [-0.15, -0.1) is 0 Å². The first-order chi connectivity index (χ1) is 26.3. The highest BCUT2D eigenvalue weighted by molar-refractivity contribution is 6.11. The van der Waals surface area contributed by atoms with Crippen LogP contribution in [0.1, 0.15) is 49.9 Å². The Bertz CT molecular complexity index is 2440. The quantitative estimate of drug-likeness (QED) is 0.172. The Kier molecular flexibility index (Phi) is 7.08. The number of benzene rings is 4. The Morgan fingerprint density at radius 1 is 0.389 bits per heavy atom. The molecule has 0 N–H and O–H groups in total. The highest BCUT2D eigenvalue weighted by Gasteiger charge is 2.40. The van der Waals surface area contributed by atoms with E-state index in [1.807, 2.05) is 85.7 Å². The van der Waals surface area contributed by atoms with Crippen LogP contribution in [0.3, 0.4) is 0 Å².